The number of thioether (sulfide) groups is 1. The second-order valence-electron chi connectivity index (χ2n) is 4.80. The van der Waals surface area contributed by atoms with Crippen molar-refractivity contribution in [3.63, 3.8) is 0 Å². The molecule has 1 N–H and O–H groups in total. The topological polar surface area (TPSA) is 45.8 Å². The smallest absolute Gasteiger partial charge is 0.255 e. The Labute approximate surface area is 127 Å². The number of nitrogens with one attached hydrogen (secondary N) is 1. The number of aryl methyl sites for hydroxylation is 1. The van der Waals surface area contributed by atoms with Crippen LogP contribution in [0.25, 0.3) is 0 Å². The fraction of sp³-hybridized carbons (Fsp3) is 0.250. The minimum Gasteiger partial charge on any atom is -0.301 e. The van der Waals surface area contributed by atoms with Gasteiger partial charge in [0.05, 0.1) is 0 Å². The van der Waals surface area contributed by atoms with Crippen LogP contribution in [0.3, 0.4) is 0 Å². The highest BCUT2D eigenvalue weighted by Crippen LogP contribution is 2.20. The van der Waals surface area contributed by atoms with Crippen LogP contribution in [0.5, 0.6) is 0 Å². The summed E-state index contributed by atoms with van der Waals surface area (Å²) in [6.07, 6.45) is 2.24. The Morgan fingerprint density at radius 1 is 1.43 bits per heavy atom. The molecule has 2 rings (SSSR count). The van der Waals surface area contributed by atoms with E-state index >= 15 is 0 Å². The van der Waals surface area contributed by atoms with Crippen LogP contribution in [0, 0.1) is 12.7 Å². The van der Waals surface area contributed by atoms with Gasteiger partial charge in [0.25, 0.3) is 5.56 Å². The Bertz CT molecular complexity index is 694. The standard InChI is InChI=1S/C16H17FN2OS/c1-4-10(2)21-16-18-11(3)14(15(20)19-16)9-12-5-7-13(17)8-6-12/h4-8,10H,1,9H2,2-3H3,(H,18,19,20)/t10-/m0/s1. The molecule has 0 spiro atoms. The number of nitrogens with zero attached hydrogens (tertiary/aromatic N) is 1. The highest BCUT2D eigenvalue weighted by Gasteiger charge is 2.11. The minimum atomic E-state index is -0.285. The lowest BCUT2D eigenvalue weighted by Crippen LogP contribution is -2.18. The molecule has 0 bridgehead atoms. The van der Waals surface area contributed by atoms with Gasteiger partial charge in [0.1, 0.15) is 5.82 Å². The Morgan fingerprint density at radius 3 is 2.67 bits per heavy atom. The first kappa shape index (κ1) is 15.5. The fourth-order valence-electron chi connectivity index (χ4n) is 1.88. The zero-order valence-corrected chi connectivity index (χ0v) is 12.8. The van der Waals surface area contributed by atoms with Crippen molar-refractivity contribution in [1.29, 1.82) is 0 Å². The molecule has 0 radical (unpaired) electrons. The maximum Gasteiger partial charge on any atom is 0.255 e. The molecule has 1 heterocycles. The van der Waals surface area contributed by atoms with E-state index in [1.54, 1.807) is 18.2 Å². The van der Waals surface area contributed by atoms with Gasteiger partial charge in [-0.15, -0.1) is 6.58 Å². The number of aromatic amines is 1. The van der Waals surface area contributed by atoms with Crippen LogP contribution >= 0.6 is 11.8 Å². The van der Waals surface area contributed by atoms with Crippen molar-refractivity contribution in [3.05, 3.63) is 69.9 Å². The van der Waals surface area contributed by atoms with E-state index in [4.69, 9.17) is 0 Å². The molecule has 0 fully saturated rings. The van der Waals surface area contributed by atoms with Crippen LogP contribution < -0.4 is 5.56 Å². The summed E-state index contributed by atoms with van der Waals surface area (Å²) in [7, 11) is 0. The third-order valence-electron chi connectivity index (χ3n) is 3.12. The first-order chi connectivity index (χ1) is 9.99. The quantitative estimate of drug-likeness (QED) is 0.522. The molecule has 21 heavy (non-hydrogen) atoms. The van der Waals surface area contributed by atoms with Gasteiger partial charge in [-0.05, 0) is 31.5 Å². The van der Waals surface area contributed by atoms with Crippen LogP contribution in [-0.2, 0) is 6.42 Å². The number of aromatic nitrogens is 2. The number of halogens is 1. The Morgan fingerprint density at radius 2 is 2.10 bits per heavy atom. The Balaban J connectivity index is 2.26. The van der Waals surface area contributed by atoms with Crippen molar-refractivity contribution in [1.82, 2.24) is 9.97 Å². The number of hydrogen-bond donors (Lipinski definition) is 1. The molecule has 0 aliphatic rings. The second-order valence-corrected chi connectivity index (χ2v) is 6.16. The maximum absolute atomic E-state index is 12.9. The van der Waals surface area contributed by atoms with Crippen LogP contribution in [0.1, 0.15) is 23.7 Å². The van der Waals surface area contributed by atoms with Crippen molar-refractivity contribution >= 4 is 11.8 Å². The van der Waals surface area contributed by atoms with Gasteiger partial charge < -0.3 is 4.98 Å². The molecule has 110 valence electrons. The summed E-state index contributed by atoms with van der Waals surface area (Å²) in [6.45, 7) is 7.51. The summed E-state index contributed by atoms with van der Waals surface area (Å²) < 4.78 is 12.9. The molecule has 5 heteroatoms. The summed E-state index contributed by atoms with van der Waals surface area (Å²) in [4.78, 5) is 19.4. The maximum atomic E-state index is 12.9. The predicted octanol–water partition coefficient (Wildman–Crippen LogP) is 3.47. The lowest BCUT2D eigenvalue weighted by Gasteiger charge is -2.09. The number of benzene rings is 1. The van der Waals surface area contributed by atoms with Crippen LogP contribution in [-0.4, -0.2) is 15.2 Å². The van der Waals surface area contributed by atoms with E-state index in [0.29, 0.717) is 22.8 Å². The predicted molar refractivity (Wildman–Crippen MR) is 84.3 cm³/mol. The molecule has 2 aromatic rings. The van der Waals surface area contributed by atoms with E-state index in [9.17, 15) is 9.18 Å². The molecule has 1 aromatic carbocycles. The molecule has 0 aliphatic heterocycles. The van der Waals surface area contributed by atoms with E-state index in [0.717, 1.165) is 5.56 Å². The fourth-order valence-corrected chi connectivity index (χ4v) is 2.67. The first-order valence-corrected chi connectivity index (χ1v) is 7.51. The molecule has 0 aliphatic carbocycles. The summed E-state index contributed by atoms with van der Waals surface area (Å²) in [5, 5.41) is 0.767. The zero-order chi connectivity index (χ0) is 15.4. The normalized spacial score (nSPS) is 12.1. The van der Waals surface area contributed by atoms with Gasteiger partial charge in [-0.1, -0.05) is 30.0 Å². The average molecular weight is 304 g/mol. The van der Waals surface area contributed by atoms with Gasteiger partial charge in [-0.25, -0.2) is 9.37 Å². The van der Waals surface area contributed by atoms with Gasteiger partial charge in [-0.3, -0.25) is 4.79 Å². The molecule has 0 unspecified atom stereocenters. The first-order valence-electron chi connectivity index (χ1n) is 6.63. The highest BCUT2D eigenvalue weighted by molar-refractivity contribution is 7.99. The molecule has 0 saturated heterocycles. The minimum absolute atomic E-state index is 0.148. The van der Waals surface area contributed by atoms with Gasteiger partial charge in [0.2, 0.25) is 0 Å². The van der Waals surface area contributed by atoms with Gasteiger partial charge in [0, 0.05) is 22.9 Å². The van der Waals surface area contributed by atoms with Gasteiger partial charge in [0.15, 0.2) is 5.16 Å². The van der Waals surface area contributed by atoms with Crippen molar-refractivity contribution in [3.8, 4) is 0 Å². The van der Waals surface area contributed by atoms with E-state index in [1.165, 1.54) is 23.9 Å². The number of H-pyrrole nitrogens is 1. The largest absolute Gasteiger partial charge is 0.301 e. The van der Waals surface area contributed by atoms with Gasteiger partial charge in [-0.2, -0.15) is 0 Å². The lowest BCUT2D eigenvalue weighted by atomic mass is 10.1. The van der Waals surface area contributed by atoms with Crippen molar-refractivity contribution in [2.75, 3.05) is 0 Å². The van der Waals surface area contributed by atoms with Crippen LogP contribution in [0.4, 0.5) is 4.39 Å². The van der Waals surface area contributed by atoms with Crippen LogP contribution in [0.15, 0.2) is 46.9 Å². The summed E-state index contributed by atoms with van der Waals surface area (Å²) in [6, 6.07) is 6.14. The molecule has 1 atom stereocenters. The van der Waals surface area contributed by atoms with Crippen molar-refractivity contribution in [2.24, 2.45) is 0 Å². The van der Waals surface area contributed by atoms with Crippen molar-refractivity contribution in [2.45, 2.75) is 30.7 Å². The van der Waals surface area contributed by atoms with E-state index in [-0.39, 0.29) is 16.6 Å². The molecule has 0 saturated carbocycles. The Hall–Kier alpha value is -1.88. The van der Waals surface area contributed by atoms with Gasteiger partial charge >= 0.3 is 0 Å². The number of rotatable bonds is 5. The molecular weight excluding hydrogens is 287 g/mol. The summed E-state index contributed by atoms with van der Waals surface area (Å²) >= 11 is 1.45. The number of hydrogen-bond acceptors (Lipinski definition) is 3. The average Bonchev–Trinajstić information content (AvgIpc) is 2.44. The molecule has 1 aromatic heterocycles. The molecule has 3 nitrogen and oxygen atoms in total. The second kappa shape index (κ2) is 6.72. The monoisotopic (exact) mass is 304 g/mol. The van der Waals surface area contributed by atoms with E-state index in [2.05, 4.69) is 16.5 Å². The SMILES string of the molecule is C=C[C@H](C)Sc1nc(C)c(Cc2ccc(F)cc2)c(=O)[nH]1. The third kappa shape index (κ3) is 4.04. The highest BCUT2D eigenvalue weighted by atomic mass is 32.2. The Kier molecular flexibility index (Phi) is 4.96. The molecular formula is C16H17FN2OS. The summed E-state index contributed by atoms with van der Waals surface area (Å²) in [5.74, 6) is -0.285. The van der Waals surface area contributed by atoms with Crippen molar-refractivity contribution < 1.29 is 4.39 Å². The van der Waals surface area contributed by atoms with E-state index in [1.807, 2.05) is 13.8 Å². The van der Waals surface area contributed by atoms with E-state index < -0.39 is 0 Å². The zero-order valence-electron chi connectivity index (χ0n) is 12.0. The third-order valence-corrected chi connectivity index (χ3v) is 4.10. The lowest BCUT2D eigenvalue weighted by molar-refractivity contribution is 0.627. The van der Waals surface area contributed by atoms with Crippen LogP contribution in [0.2, 0.25) is 0 Å². The molecule has 0 amide bonds. The summed E-state index contributed by atoms with van der Waals surface area (Å²) in [5.41, 5.74) is 2.04.